The Morgan fingerprint density at radius 3 is 1.55 bits per heavy atom. The molecule has 1 aliphatic carbocycles. The van der Waals surface area contributed by atoms with Gasteiger partial charge in [-0.05, 0) is 38.8 Å². The van der Waals surface area contributed by atoms with Crippen molar-refractivity contribution in [3.63, 3.8) is 0 Å². The average Bonchev–Trinajstić information content (AvgIpc) is 2.17. The third kappa shape index (κ3) is 1.24. The Morgan fingerprint density at radius 2 is 1.36 bits per heavy atom. The first-order valence-corrected chi connectivity index (χ1v) is 4.54. The first-order chi connectivity index (χ1) is 5.09. The highest BCUT2D eigenvalue weighted by Gasteiger charge is 2.22. The van der Waals surface area contributed by atoms with Crippen molar-refractivity contribution in [3.8, 4) is 0 Å². The Bertz CT molecular complexity index is 209. The molecule has 0 radical (unpaired) electrons. The van der Waals surface area contributed by atoms with E-state index in [4.69, 9.17) is 11.6 Å². The predicted octanol–water partition coefficient (Wildman–Crippen LogP) is 3.53. The minimum atomic E-state index is 0.511. The molecule has 0 aromatic rings. The minimum absolute atomic E-state index is 0.511. The molecule has 0 saturated heterocycles. The van der Waals surface area contributed by atoms with Crippen LogP contribution in [0.5, 0.6) is 0 Å². The number of hydrogen-bond donors (Lipinski definition) is 0. The second-order valence-corrected chi connectivity index (χ2v) is 3.63. The van der Waals surface area contributed by atoms with Crippen LogP contribution in [0.3, 0.4) is 0 Å². The van der Waals surface area contributed by atoms with Crippen LogP contribution in [0.1, 0.15) is 27.7 Å². The molecule has 0 fully saturated rings. The highest BCUT2D eigenvalue weighted by Crippen LogP contribution is 2.36. The van der Waals surface area contributed by atoms with Gasteiger partial charge in [-0.1, -0.05) is 11.1 Å². The first kappa shape index (κ1) is 8.86. The molecule has 1 heteroatoms. The van der Waals surface area contributed by atoms with Crippen molar-refractivity contribution in [2.45, 2.75) is 27.7 Å². The molecule has 0 spiro atoms. The second kappa shape index (κ2) is 3.02. The van der Waals surface area contributed by atoms with E-state index in [0.29, 0.717) is 5.92 Å². The highest BCUT2D eigenvalue weighted by molar-refractivity contribution is 6.18. The van der Waals surface area contributed by atoms with Gasteiger partial charge in [0.1, 0.15) is 0 Å². The van der Waals surface area contributed by atoms with Gasteiger partial charge < -0.3 is 0 Å². The zero-order valence-corrected chi connectivity index (χ0v) is 8.42. The lowest BCUT2D eigenvalue weighted by molar-refractivity contribution is 0.823. The van der Waals surface area contributed by atoms with E-state index in [9.17, 15) is 0 Å². The molecule has 0 N–H and O–H groups in total. The van der Waals surface area contributed by atoms with Crippen molar-refractivity contribution in [1.29, 1.82) is 0 Å². The lowest BCUT2D eigenvalue weighted by Crippen LogP contribution is -2.01. The van der Waals surface area contributed by atoms with Crippen LogP contribution >= 0.6 is 11.6 Å². The van der Waals surface area contributed by atoms with Crippen LogP contribution in [-0.2, 0) is 0 Å². The number of alkyl halides is 1. The predicted molar refractivity (Wildman–Crippen MR) is 51.0 cm³/mol. The summed E-state index contributed by atoms with van der Waals surface area (Å²) in [6.45, 7) is 8.73. The SMILES string of the molecule is CC1=C(C)C(CCl)C(C)=C1C. The molecule has 0 bridgehead atoms. The van der Waals surface area contributed by atoms with Crippen LogP contribution in [0.2, 0.25) is 0 Å². The van der Waals surface area contributed by atoms with Crippen molar-refractivity contribution in [2.75, 3.05) is 5.88 Å². The van der Waals surface area contributed by atoms with Crippen LogP contribution in [0.15, 0.2) is 22.3 Å². The van der Waals surface area contributed by atoms with Crippen molar-refractivity contribution >= 4 is 11.6 Å². The van der Waals surface area contributed by atoms with Gasteiger partial charge >= 0.3 is 0 Å². The Morgan fingerprint density at radius 1 is 1.00 bits per heavy atom. The Balaban J connectivity index is 3.04. The van der Waals surface area contributed by atoms with Gasteiger partial charge in [-0.3, -0.25) is 0 Å². The molecule has 1 aliphatic rings. The Labute approximate surface area is 73.9 Å². The van der Waals surface area contributed by atoms with Crippen molar-refractivity contribution in [1.82, 2.24) is 0 Å². The minimum Gasteiger partial charge on any atom is -0.126 e. The summed E-state index contributed by atoms with van der Waals surface area (Å²) < 4.78 is 0. The third-order valence-electron chi connectivity index (χ3n) is 2.95. The molecule has 0 unspecified atom stereocenters. The van der Waals surface area contributed by atoms with Crippen LogP contribution in [-0.4, -0.2) is 5.88 Å². The Kier molecular flexibility index (Phi) is 2.43. The van der Waals surface area contributed by atoms with Crippen LogP contribution in [0.25, 0.3) is 0 Å². The smallest absolute Gasteiger partial charge is 0.0326 e. The van der Waals surface area contributed by atoms with E-state index in [0.717, 1.165) is 5.88 Å². The van der Waals surface area contributed by atoms with Gasteiger partial charge in [0.05, 0.1) is 0 Å². The van der Waals surface area contributed by atoms with E-state index in [1.54, 1.807) is 0 Å². The van der Waals surface area contributed by atoms with Crippen molar-refractivity contribution in [3.05, 3.63) is 22.3 Å². The van der Waals surface area contributed by atoms with Gasteiger partial charge in [0.15, 0.2) is 0 Å². The number of rotatable bonds is 1. The molecule has 0 aromatic carbocycles. The summed E-state index contributed by atoms with van der Waals surface area (Å²) in [5.74, 6) is 1.24. The second-order valence-electron chi connectivity index (χ2n) is 3.32. The van der Waals surface area contributed by atoms with Crippen LogP contribution in [0, 0.1) is 5.92 Å². The summed E-state index contributed by atoms with van der Waals surface area (Å²) in [6, 6.07) is 0. The van der Waals surface area contributed by atoms with Crippen LogP contribution < -0.4 is 0 Å². The third-order valence-corrected chi connectivity index (χ3v) is 3.25. The molecule has 0 nitrogen and oxygen atoms in total. The van der Waals surface area contributed by atoms with Gasteiger partial charge in [-0.2, -0.15) is 0 Å². The maximum Gasteiger partial charge on any atom is 0.0326 e. The van der Waals surface area contributed by atoms with E-state index in [2.05, 4.69) is 27.7 Å². The standard InChI is InChI=1S/C10H15Cl/c1-6-7(2)9(4)10(5-11)8(6)3/h10H,5H2,1-4H3. The zero-order chi connectivity index (χ0) is 8.59. The lowest BCUT2D eigenvalue weighted by Gasteiger charge is -2.09. The van der Waals surface area contributed by atoms with E-state index in [1.807, 2.05) is 0 Å². The Hall–Kier alpha value is -0.230. The van der Waals surface area contributed by atoms with Crippen LogP contribution in [0.4, 0.5) is 0 Å². The molecule has 0 aliphatic heterocycles. The van der Waals surface area contributed by atoms with Gasteiger partial charge in [-0.15, -0.1) is 11.6 Å². The maximum atomic E-state index is 5.86. The fraction of sp³-hybridized carbons (Fsp3) is 0.600. The topological polar surface area (TPSA) is 0 Å². The summed E-state index contributed by atoms with van der Waals surface area (Å²) in [4.78, 5) is 0. The van der Waals surface area contributed by atoms with Gasteiger partial charge in [0.25, 0.3) is 0 Å². The van der Waals surface area contributed by atoms with Crippen molar-refractivity contribution < 1.29 is 0 Å². The van der Waals surface area contributed by atoms with E-state index in [1.165, 1.54) is 22.3 Å². The summed E-state index contributed by atoms with van der Waals surface area (Å²) in [5, 5.41) is 0. The lowest BCUT2D eigenvalue weighted by atomic mass is 9.99. The number of allylic oxidation sites excluding steroid dienone is 4. The molecule has 0 atom stereocenters. The molecule has 0 amide bonds. The zero-order valence-electron chi connectivity index (χ0n) is 7.66. The summed E-state index contributed by atoms with van der Waals surface area (Å²) in [6.07, 6.45) is 0. The summed E-state index contributed by atoms with van der Waals surface area (Å²) >= 11 is 5.86. The van der Waals surface area contributed by atoms with Gasteiger partial charge in [0, 0.05) is 11.8 Å². The normalized spacial score (nSPS) is 20.5. The van der Waals surface area contributed by atoms with E-state index >= 15 is 0 Å². The van der Waals surface area contributed by atoms with Crippen molar-refractivity contribution in [2.24, 2.45) is 5.92 Å². The van der Waals surface area contributed by atoms with Gasteiger partial charge in [-0.25, -0.2) is 0 Å². The highest BCUT2D eigenvalue weighted by atomic mass is 35.5. The molecule has 11 heavy (non-hydrogen) atoms. The average molecular weight is 171 g/mol. The number of halogens is 1. The summed E-state index contributed by atoms with van der Waals surface area (Å²) in [7, 11) is 0. The molecular formula is C10H15Cl. The molecule has 0 heterocycles. The molecule has 0 saturated carbocycles. The molecule has 62 valence electrons. The fourth-order valence-corrected chi connectivity index (χ4v) is 2.13. The number of hydrogen-bond acceptors (Lipinski definition) is 0. The molecule has 0 aromatic heterocycles. The molecule has 1 rings (SSSR count). The van der Waals surface area contributed by atoms with Gasteiger partial charge in [0.2, 0.25) is 0 Å². The van der Waals surface area contributed by atoms with E-state index in [-0.39, 0.29) is 0 Å². The monoisotopic (exact) mass is 170 g/mol. The molecular weight excluding hydrogens is 156 g/mol. The maximum absolute atomic E-state index is 5.86. The quantitative estimate of drug-likeness (QED) is 0.529. The first-order valence-electron chi connectivity index (χ1n) is 4.00. The summed E-state index contributed by atoms with van der Waals surface area (Å²) in [5.41, 5.74) is 5.78. The fourth-order valence-electron chi connectivity index (χ4n) is 1.67. The largest absolute Gasteiger partial charge is 0.126 e. The van der Waals surface area contributed by atoms with E-state index < -0.39 is 0 Å².